The fourth-order valence-corrected chi connectivity index (χ4v) is 4.60. The van der Waals surface area contributed by atoms with E-state index in [1.807, 2.05) is 0 Å². The van der Waals surface area contributed by atoms with Gasteiger partial charge in [0, 0.05) is 17.3 Å². The lowest BCUT2D eigenvalue weighted by molar-refractivity contribution is 0.611. The Morgan fingerprint density at radius 1 is 0.833 bits per heavy atom. The van der Waals surface area contributed by atoms with Crippen LogP contribution in [0, 0.1) is 19.8 Å². The molecule has 1 saturated carbocycles. The Hall–Kier alpha value is -2.22. The predicted molar refractivity (Wildman–Crippen MR) is 132 cm³/mol. The van der Waals surface area contributed by atoms with Crippen LogP contribution >= 0.6 is 0 Å². The van der Waals surface area contributed by atoms with E-state index in [-0.39, 0.29) is 0 Å². The van der Waals surface area contributed by atoms with Crippen LogP contribution in [0.15, 0.2) is 46.4 Å². The van der Waals surface area contributed by atoms with Gasteiger partial charge in [0.1, 0.15) is 0 Å². The van der Waals surface area contributed by atoms with Crippen molar-refractivity contribution in [2.45, 2.75) is 86.0 Å². The van der Waals surface area contributed by atoms with Crippen LogP contribution in [-0.2, 0) is 0 Å². The van der Waals surface area contributed by atoms with Crippen molar-refractivity contribution in [3.63, 3.8) is 0 Å². The van der Waals surface area contributed by atoms with Gasteiger partial charge in [0.05, 0.1) is 11.4 Å². The van der Waals surface area contributed by atoms with Crippen molar-refractivity contribution in [3.8, 4) is 0 Å². The molecule has 2 nitrogen and oxygen atoms in total. The summed E-state index contributed by atoms with van der Waals surface area (Å²) in [6, 6.07) is 13.1. The van der Waals surface area contributed by atoms with Crippen molar-refractivity contribution in [2.24, 2.45) is 15.9 Å². The molecule has 1 fully saturated rings. The summed E-state index contributed by atoms with van der Waals surface area (Å²) in [7, 11) is 0. The average molecular weight is 403 g/mol. The Morgan fingerprint density at radius 3 is 1.97 bits per heavy atom. The number of aryl methyl sites for hydroxylation is 2. The Labute approximate surface area is 183 Å². The van der Waals surface area contributed by atoms with E-state index in [0.717, 1.165) is 18.5 Å². The Kier molecular flexibility index (Phi) is 7.28. The fourth-order valence-electron chi connectivity index (χ4n) is 4.60. The lowest BCUT2D eigenvalue weighted by atomic mass is 9.83. The van der Waals surface area contributed by atoms with Crippen molar-refractivity contribution in [3.05, 3.63) is 58.7 Å². The number of hydrogen-bond acceptors (Lipinski definition) is 2. The van der Waals surface area contributed by atoms with Crippen molar-refractivity contribution in [1.82, 2.24) is 0 Å². The molecule has 1 aliphatic rings. The van der Waals surface area contributed by atoms with Crippen LogP contribution in [0.25, 0.3) is 0 Å². The summed E-state index contributed by atoms with van der Waals surface area (Å²) < 4.78 is 0. The molecule has 30 heavy (non-hydrogen) atoms. The molecule has 1 unspecified atom stereocenters. The maximum Gasteiger partial charge on any atom is 0.0698 e. The summed E-state index contributed by atoms with van der Waals surface area (Å²) in [4.78, 5) is 10.5. The maximum absolute atomic E-state index is 5.39. The molecule has 0 aromatic heterocycles. The first kappa shape index (κ1) is 22.5. The average Bonchev–Trinajstić information content (AvgIpc) is 2.71. The van der Waals surface area contributed by atoms with Gasteiger partial charge in [-0.25, -0.2) is 0 Å². The van der Waals surface area contributed by atoms with Gasteiger partial charge in [-0.2, -0.15) is 0 Å². The summed E-state index contributed by atoms with van der Waals surface area (Å²) >= 11 is 0. The first-order valence-corrected chi connectivity index (χ1v) is 11.6. The zero-order valence-corrected chi connectivity index (χ0v) is 19.9. The van der Waals surface area contributed by atoms with E-state index < -0.39 is 0 Å². The summed E-state index contributed by atoms with van der Waals surface area (Å²) in [6.07, 6.45) is 4.72. The third kappa shape index (κ3) is 4.91. The minimum atomic E-state index is 0.345. The second kappa shape index (κ2) is 9.73. The molecule has 0 heterocycles. The molecule has 160 valence electrons. The molecule has 0 spiro atoms. The van der Waals surface area contributed by atoms with Crippen molar-refractivity contribution in [2.75, 3.05) is 0 Å². The molecule has 0 radical (unpaired) electrons. The summed E-state index contributed by atoms with van der Waals surface area (Å²) in [5.41, 5.74) is 10.1. The highest BCUT2D eigenvalue weighted by Crippen LogP contribution is 2.37. The van der Waals surface area contributed by atoms with E-state index >= 15 is 0 Å². The van der Waals surface area contributed by atoms with Crippen LogP contribution in [0.5, 0.6) is 0 Å². The molecule has 0 amide bonds. The van der Waals surface area contributed by atoms with Gasteiger partial charge < -0.3 is 0 Å². The number of para-hydroxylation sites is 2. The fraction of sp³-hybridized carbons (Fsp3) is 0.500. The maximum atomic E-state index is 5.39. The molecule has 3 rings (SSSR count). The van der Waals surface area contributed by atoms with E-state index in [0.29, 0.717) is 17.8 Å². The van der Waals surface area contributed by atoms with Crippen LogP contribution < -0.4 is 0 Å². The first-order valence-electron chi connectivity index (χ1n) is 11.6. The van der Waals surface area contributed by atoms with Gasteiger partial charge in [-0.1, -0.05) is 70.5 Å². The highest BCUT2D eigenvalue weighted by Gasteiger charge is 2.25. The molecule has 0 saturated heterocycles. The molecule has 2 aromatic carbocycles. The van der Waals surface area contributed by atoms with Gasteiger partial charge in [-0.15, -0.1) is 0 Å². The number of hydrogen-bond donors (Lipinski definition) is 0. The van der Waals surface area contributed by atoms with E-state index in [1.54, 1.807) is 0 Å². The van der Waals surface area contributed by atoms with Crippen molar-refractivity contribution in [1.29, 1.82) is 0 Å². The zero-order valence-electron chi connectivity index (χ0n) is 19.9. The van der Waals surface area contributed by atoms with Gasteiger partial charge in [0.25, 0.3) is 0 Å². The zero-order chi connectivity index (χ0) is 21.8. The van der Waals surface area contributed by atoms with Crippen molar-refractivity contribution >= 4 is 22.8 Å². The molecule has 1 aliphatic carbocycles. The SMILES string of the molecule is C/C(=N\c1c(C)cccc1C)C1CCCC/C1=N\c1c(C(C)C)cccc1C(C)C. The molecule has 2 aromatic rings. The molecule has 0 aliphatic heterocycles. The van der Waals surface area contributed by atoms with Crippen molar-refractivity contribution < 1.29 is 0 Å². The van der Waals surface area contributed by atoms with E-state index in [4.69, 9.17) is 9.98 Å². The monoisotopic (exact) mass is 402 g/mol. The Bertz CT molecular complexity index is 901. The highest BCUT2D eigenvalue weighted by atomic mass is 14.8. The second-order valence-corrected chi connectivity index (χ2v) is 9.49. The molecule has 1 atom stereocenters. The van der Waals surface area contributed by atoms with Gasteiger partial charge in [0.15, 0.2) is 0 Å². The number of aliphatic imine (C=N–C) groups is 2. The smallest absolute Gasteiger partial charge is 0.0698 e. The lowest BCUT2D eigenvalue weighted by Crippen LogP contribution is -2.26. The first-order chi connectivity index (χ1) is 14.3. The summed E-state index contributed by atoms with van der Waals surface area (Å²) in [5.74, 6) is 1.28. The highest BCUT2D eigenvalue weighted by molar-refractivity contribution is 6.08. The van der Waals surface area contributed by atoms with Gasteiger partial charge in [-0.3, -0.25) is 9.98 Å². The van der Waals surface area contributed by atoms with Gasteiger partial charge >= 0.3 is 0 Å². The standard InChI is InChI=1S/C28H38N2/c1-18(2)23-15-11-16-24(19(3)4)28(23)30-26-17-9-8-14-25(26)22(7)29-27-20(5)12-10-13-21(27)6/h10-13,15-16,18-19,25H,8-9,14,17H2,1-7H3/b29-22+,30-26+. The molecule has 0 bridgehead atoms. The van der Waals surface area contributed by atoms with Crippen LogP contribution in [-0.4, -0.2) is 11.4 Å². The van der Waals surface area contributed by atoms with E-state index in [1.165, 1.54) is 52.2 Å². The van der Waals surface area contributed by atoms with Gasteiger partial charge in [-0.05, 0) is 74.1 Å². The van der Waals surface area contributed by atoms with Crippen LogP contribution in [0.2, 0.25) is 0 Å². The van der Waals surface area contributed by atoms with E-state index in [2.05, 4.69) is 84.9 Å². The Balaban J connectivity index is 2.07. The third-order valence-corrected chi connectivity index (χ3v) is 6.41. The molecular formula is C28H38N2. The number of nitrogens with zero attached hydrogens (tertiary/aromatic N) is 2. The molecule has 0 N–H and O–H groups in total. The summed E-state index contributed by atoms with van der Waals surface area (Å²) in [5, 5.41) is 0. The van der Waals surface area contributed by atoms with Crippen LogP contribution in [0.1, 0.15) is 94.4 Å². The van der Waals surface area contributed by atoms with Crippen LogP contribution in [0.3, 0.4) is 0 Å². The van der Waals surface area contributed by atoms with E-state index in [9.17, 15) is 0 Å². The second-order valence-electron chi connectivity index (χ2n) is 9.49. The molecule has 2 heteroatoms. The number of rotatable bonds is 5. The van der Waals surface area contributed by atoms with Gasteiger partial charge in [0.2, 0.25) is 0 Å². The topological polar surface area (TPSA) is 24.7 Å². The third-order valence-electron chi connectivity index (χ3n) is 6.41. The minimum absolute atomic E-state index is 0.345. The normalized spacial score (nSPS) is 19.2. The molecular weight excluding hydrogens is 364 g/mol. The summed E-state index contributed by atoms with van der Waals surface area (Å²) in [6.45, 7) is 15.6. The quantitative estimate of drug-likeness (QED) is 0.447. The lowest BCUT2D eigenvalue weighted by Gasteiger charge is -2.26. The number of benzene rings is 2. The predicted octanol–water partition coefficient (Wildman–Crippen LogP) is 8.61. The minimum Gasteiger partial charge on any atom is -0.257 e. The van der Waals surface area contributed by atoms with Crippen LogP contribution in [0.4, 0.5) is 11.4 Å². The largest absolute Gasteiger partial charge is 0.257 e. The Morgan fingerprint density at radius 2 is 1.40 bits per heavy atom.